The SMILES string of the molecule is Cn1cncc1CN1CCOC[C@@H](Cc2cnc(C(N)=O)cn2)C1. The number of aryl methyl sites for hydroxylation is 1. The van der Waals surface area contributed by atoms with Crippen molar-refractivity contribution in [2.24, 2.45) is 18.7 Å². The Hall–Kier alpha value is -2.32. The van der Waals surface area contributed by atoms with Crippen LogP contribution in [0.25, 0.3) is 0 Å². The smallest absolute Gasteiger partial charge is 0.268 e. The van der Waals surface area contributed by atoms with Crippen LogP contribution in [0.4, 0.5) is 0 Å². The van der Waals surface area contributed by atoms with E-state index in [0.29, 0.717) is 12.5 Å². The molecular weight excluding hydrogens is 308 g/mol. The quantitative estimate of drug-likeness (QED) is 0.828. The van der Waals surface area contributed by atoms with E-state index in [9.17, 15) is 4.79 Å². The molecule has 2 aromatic rings. The van der Waals surface area contributed by atoms with Gasteiger partial charge in [-0.2, -0.15) is 0 Å². The first-order valence-electron chi connectivity index (χ1n) is 7.98. The maximum atomic E-state index is 11.1. The summed E-state index contributed by atoms with van der Waals surface area (Å²) in [4.78, 5) is 25.9. The van der Waals surface area contributed by atoms with Gasteiger partial charge in [-0.05, 0) is 6.42 Å². The van der Waals surface area contributed by atoms with Crippen LogP contribution in [0.15, 0.2) is 24.9 Å². The van der Waals surface area contributed by atoms with Crippen molar-refractivity contribution in [3.63, 3.8) is 0 Å². The Morgan fingerprint density at radius 3 is 2.92 bits per heavy atom. The Bertz CT molecular complexity index is 684. The summed E-state index contributed by atoms with van der Waals surface area (Å²) in [6.07, 6.45) is 7.53. The third-order valence-electron chi connectivity index (χ3n) is 4.18. The third-order valence-corrected chi connectivity index (χ3v) is 4.18. The molecule has 1 saturated heterocycles. The standard InChI is InChI=1S/C16H22N6O2/c1-21-11-18-6-14(21)9-22-2-3-24-10-12(8-22)4-13-5-20-15(7-19-13)16(17)23/h5-7,11-12H,2-4,8-10H2,1H3,(H2,17,23)/t12-/m0/s1. The van der Waals surface area contributed by atoms with E-state index >= 15 is 0 Å². The maximum absolute atomic E-state index is 11.1. The molecule has 3 heterocycles. The van der Waals surface area contributed by atoms with Crippen molar-refractivity contribution in [1.29, 1.82) is 0 Å². The van der Waals surface area contributed by atoms with Crippen LogP contribution >= 0.6 is 0 Å². The van der Waals surface area contributed by atoms with Gasteiger partial charge in [0.1, 0.15) is 5.69 Å². The molecule has 0 radical (unpaired) electrons. The molecule has 0 aliphatic carbocycles. The molecule has 1 aliphatic heterocycles. The van der Waals surface area contributed by atoms with Crippen LogP contribution < -0.4 is 5.73 Å². The van der Waals surface area contributed by atoms with Crippen LogP contribution in [0.5, 0.6) is 0 Å². The molecule has 0 bridgehead atoms. The van der Waals surface area contributed by atoms with E-state index in [1.54, 1.807) is 6.20 Å². The van der Waals surface area contributed by atoms with Gasteiger partial charge in [0.2, 0.25) is 0 Å². The zero-order chi connectivity index (χ0) is 16.9. The minimum absolute atomic E-state index is 0.189. The maximum Gasteiger partial charge on any atom is 0.268 e. The highest BCUT2D eigenvalue weighted by molar-refractivity contribution is 5.90. The van der Waals surface area contributed by atoms with Crippen molar-refractivity contribution in [2.75, 3.05) is 26.3 Å². The van der Waals surface area contributed by atoms with Crippen molar-refractivity contribution in [3.8, 4) is 0 Å². The highest BCUT2D eigenvalue weighted by atomic mass is 16.5. The molecule has 0 aromatic carbocycles. The number of carbonyl (C=O) groups excluding carboxylic acids is 1. The summed E-state index contributed by atoms with van der Waals surface area (Å²) < 4.78 is 7.77. The molecule has 1 aliphatic rings. The van der Waals surface area contributed by atoms with Gasteiger partial charge in [-0.25, -0.2) is 9.97 Å². The van der Waals surface area contributed by atoms with Gasteiger partial charge in [0.25, 0.3) is 5.91 Å². The first-order valence-corrected chi connectivity index (χ1v) is 7.98. The topological polar surface area (TPSA) is 99.2 Å². The average molecular weight is 330 g/mol. The van der Waals surface area contributed by atoms with E-state index in [1.165, 1.54) is 11.9 Å². The second-order valence-corrected chi connectivity index (χ2v) is 6.13. The van der Waals surface area contributed by atoms with Gasteiger partial charge >= 0.3 is 0 Å². The number of carbonyl (C=O) groups is 1. The molecule has 2 N–H and O–H groups in total. The molecule has 3 rings (SSSR count). The summed E-state index contributed by atoms with van der Waals surface area (Å²) in [5, 5.41) is 0. The van der Waals surface area contributed by atoms with Gasteiger partial charge in [0.05, 0.1) is 37.1 Å². The van der Waals surface area contributed by atoms with Crippen LogP contribution in [0, 0.1) is 5.92 Å². The van der Waals surface area contributed by atoms with E-state index in [1.807, 2.05) is 24.1 Å². The lowest BCUT2D eigenvalue weighted by molar-refractivity contribution is 0.0995. The summed E-state index contributed by atoms with van der Waals surface area (Å²) in [6.45, 7) is 4.09. The van der Waals surface area contributed by atoms with E-state index in [2.05, 4.69) is 19.9 Å². The molecule has 0 saturated carbocycles. The number of amides is 1. The van der Waals surface area contributed by atoms with Gasteiger partial charge in [0, 0.05) is 45.0 Å². The Labute approximate surface area is 140 Å². The molecule has 1 amide bonds. The predicted octanol–water partition coefficient (Wildman–Crippen LogP) is 0.000100. The number of hydrogen-bond donors (Lipinski definition) is 1. The number of primary amides is 1. The summed E-state index contributed by atoms with van der Waals surface area (Å²) in [5.74, 6) is -0.233. The normalized spacial score (nSPS) is 19.1. The molecule has 8 nitrogen and oxygen atoms in total. The molecule has 1 fully saturated rings. The molecule has 0 spiro atoms. The molecule has 24 heavy (non-hydrogen) atoms. The van der Waals surface area contributed by atoms with Gasteiger partial charge in [-0.1, -0.05) is 0 Å². The minimum Gasteiger partial charge on any atom is -0.380 e. The molecule has 128 valence electrons. The van der Waals surface area contributed by atoms with Crippen molar-refractivity contribution in [1.82, 2.24) is 24.4 Å². The Morgan fingerprint density at radius 1 is 1.38 bits per heavy atom. The zero-order valence-corrected chi connectivity index (χ0v) is 13.8. The molecule has 8 heteroatoms. The second-order valence-electron chi connectivity index (χ2n) is 6.13. The van der Waals surface area contributed by atoms with Gasteiger partial charge in [-0.3, -0.25) is 14.7 Å². The lowest BCUT2D eigenvalue weighted by Crippen LogP contribution is -2.31. The number of nitrogens with two attached hydrogens (primary N) is 1. The first-order chi connectivity index (χ1) is 11.6. The molecule has 0 unspecified atom stereocenters. The number of imidazole rings is 1. The lowest BCUT2D eigenvalue weighted by atomic mass is 10.0. The van der Waals surface area contributed by atoms with Crippen molar-refractivity contribution in [2.45, 2.75) is 13.0 Å². The Balaban J connectivity index is 1.62. The first kappa shape index (κ1) is 16.5. The van der Waals surface area contributed by atoms with Crippen molar-refractivity contribution in [3.05, 3.63) is 42.0 Å². The summed E-state index contributed by atoms with van der Waals surface area (Å²) >= 11 is 0. The van der Waals surface area contributed by atoms with Gasteiger partial charge in [0.15, 0.2) is 0 Å². The fourth-order valence-corrected chi connectivity index (χ4v) is 2.87. The third kappa shape index (κ3) is 4.15. The lowest BCUT2D eigenvalue weighted by Gasteiger charge is -2.23. The van der Waals surface area contributed by atoms with Crippen molar-refractivity contribution < 1.29 is 9.53 Å². The van der Waals surface area contributed by atoms with Crippen LogP contribution in [0.2, 0.25) is 0 Å². The van der Waals surface area contributed by atoms with E-state index < -0.39 is 5.91 Å². The summed E-state index contributed by atoms with van der Waals surface area (Å²) in [6, 6.07) is 0. The fourth-order valence-electron chi connectivity index (χ4n) is 2.87. The molecular formula is C16H22N6O2. The van der Waals surface area contributed by atoms with Crippen molar-refractivity contribution >= 4 is 5.91 Å². The molecule has 1 atom stereocenters. The molecule has 2 aromatic heterocycles. The minimum atomic E-state index is -0.561. The van der Waals surface area contributed by atoms with E-state index in [4.69, 9.17) is 10.5 Å². The zero-order valence-electron chi connectivity index (χ0n) is 13.8. The van der Waals surface area contributed by atoms with Crippen LogP contribution in [0.1, 0.15) is 21.9 Å². The van der Waals surface area contributed by atoms with Crippen LogP contribution in [0.3, 0.4) is 0 Å². The summed E-state index contributed by atoms with van der Waals surface area (Å²) in [7, 11) is 2.00. The number of nitrogens with zero attached hydrogens (tertiary/aromatic N) is 5. The largest absolute Gasteiger partial charge is 0.380 e. The number of rotatable bonds is 5. The number of ether oxygens (including phenoxy) is 1. The average Bonchev–Trinajstić information content (AvgIpc) is 2.83. The van der Waals surface area contributed by atoms with Gasteiger partial charge < -0.3 is 15.0 Å². The van der Waals surface area contributed by atoms with Crippen LogP contribution in [-0.4, -0.2) is 56.6 Å². The van der Waals surface area contributed by atoms with E-state index in [-0.39, 0.29) is 5.69 Å². The fraction of sp³-hybridized carbons (Fsp3) is 0.500. The highest BCUT2D eigenvalue weighted by Gasteiger charge is 2.20. The van der Waals surface area contributed by atoms with Crippen LogP contribution in [-0.2, 0) is 24.8 Å². The summed E-state index contributed by atoms with van der Waals surface area (Å²) in [5.41, 5.74) is 7.40. The number of hydrogen-bond acceptors (Lipinski definition) is 6. The van der Waals surface area contributed by atoms with Gasteiger partial charge in [-0.15, -0.1) is 0 Å². The number of aromatic nitrogens is 4. The van der Waals surface area contributed by atoms with E-state index in [0.717, 1.165) is 38.4 Å². The predicted molar refractivity (Wildman–Crippen MR) is 87.0 cm³/mol. The Morgan fingerprint density at radius 2 is 2.25 bits per heavy atom. The monoisotopic (exact) mass is 330 g/mol. The second kappa shape index (κ2) is 7.50. The Kier molecular flexibility index (Phi) is 5.17. The highest BCUT2D eigenvalue weighted by Crippen LogP contribution is 2.14.